The third-order valence-corrected chi connectivity index (χ3v) is 4.71. The van der Waals surface area contributed by atoms with Crippen molar-refractivity contribution in [3.63, 3.8) is 0 Å². The molecule has 0 spiro atoms. The number of carbonyl (C=O) groups excluding carboxylic acids is 1. The number of hydrogen-bond donors (Lipinski definition) is 1. The van der Waals surface area contributed by atoms with Gasteiger partial charge in [-0.3, -0.25) is 4.79 Å². The molecular formula is C20H17BrF3NO3. The summed E-state index contributed by atoms with van der Waals surface area (Å²) in [5.74, 6) is 0.635. The molecule has 0 radical (unpaired) electrons. The average molecular weight is 456 g/mol. The molecule has 0 aromatic heterocycles. The number of rotatable bonds is 5. The summed E-state index contributed by atoms with van der Waals surface area (Å²) in [5.41, 5.74) is 0.599. The van der Waals surface area contributed by atoms with E-state index < -0.39 is 17.6 Å². The van der Waals surface area contributed by atoms with E-state index in [4.69, 9.17) is 9.47 Å². The minimum absolute atomic E-state index is 0.133. The Hall–Kier alpha value is -2.48. The molecule has 3 rings (SSSR count). The lowest BCUT2D eigenvalue weighted by atomic mass is 10.0. The van der Waals surface area contributed by atoms with Crippen LogP contribution in [0.4, 0.5) is 18.9 Å². The van der Waals surface area contributed by atoms with Crippen LogP contribution in [0.15, 0.2) is 34.8 Å². The summed E-state index contributed by atoms with van der Waals surface area (Å²) in [5, 5.41) is 2.49. The van der Waals surface area contributed by atoms with Crippen LogP contribution in [0.5, 0.6) is 11.5 Å². The van der Waals surface area contributed by atoms with Crippen molar-refractivity contribution in [2.24, 2.45) is 0 Å². The Kier molecular flexibility index (Phi) is 5.69. The summed E-state index contributed by atoms with van der Waals surface area (Å²) in [6, 6.07) is 6.66. The molecule has 0 unspecified atom stereocenters. The lowest BCUT2D eigenvalue weighted by Gasteiger charge is -2.13. The molecule has 1 aliphatic heterocycles. The van der Waals surface area contributed by atoms with E-state index >= 15 is 0 Å². The highest BCUT2D eigenvalue weighted by atomic mass is 79.9. The topological polar surface area (TPSA) is 47.6 Å². The molecule has 0 saturated heterocycles. The van der Waals surface area contributed by atoms with Gasteiger partial charge in [-0.1, -0.05) is 6.07 Å². The van der Waals surface area contributed by atoms with Crippen molar-refractivity contribution in [2.75, 3.05) is 18.5 Å². The van der Waals surface area contributed by atoms with E-state index in [1.807, 2.05) is 13.8 Å². The fourth-order valence-corrected chi connectivity index (χ4v) is 3.35. The van der Waals surface area contributed by atoms with E-state index in [1.54, 1.807) is 18.2 Å². The van der Waals surface area contributed by atoms with Crippen LogP contribution >= 0.6 is 15.9 Å². The van der Waals surface area contributed by atoms with Gasteiger partial charge in [0.15, 0.2) is 0 Å². The smallest absolute Gasteiger partial charge is 0.416 e. The Morgan fingerprint density at radius 1 is 1.07 bits per heavy atom. The molecule has 0 fully saturated rings. The Bertz CT molecular complexity index is 954. The molecule has 0 atom stereocenters. The van der Waals surface area contributed by atoms with Crippen molar-refractivity contribution in [1.29, 1.82) is 0 Å². The van der Waals surface area contributed by atoms with Gasteiger partial charge in [-0.2, -0.15) is 13.2 Å². The Balaban J connectivity index is 2.07. The first-order valence-electron chi connectivity index (χ1n) is 8.58. The van der Waals surface area contributed by atoms with Crippen LogP contribution in [0.1, 0.15) is 30.5 Å². The first-order chi connectivity index (χ1) is 13.2. The summed E-state index contributed by atoms with van der Waals surface area (Å²) in [7, 11) is 0. The Morgan fingerprint density at radius 2 is 1.75 bits per heavy atom. The number of benzene rings is 2. The number of hydrogen-bond acceptors (Lipinski definition) is 3. The third kappa shape index (κ3) is 4.01. The molecule has 1 heterocycles. The number of alkyl halides is 3. The van der Waals surface area contributed by atoms with Crippen molar-refractivity contribution in [3.8, 4) is 11.5 Å². The average Bonchev–Trinajstić information content (AvgIpc) is 2.93. The van der Waals surface area contributed by atoms with Crippen molar-refractivity contribution in [2.45, 2.75) is 20.0 Å². The number of nitrogens with one attached hydrogen (secondary N) is 1. The van der Waals surface area contributed by atoms with Crippen LogP contribution in [0.25, 0.3) is 11.6 Å². The van der Waals surface area contributed by atoms with Gasteiger partial charge in [-0.25, -0.2) is 0 Å². The second-order valence-corrected chi connectivity index (χ2v) is 6.81. The summed E-state index contributed by atoms with van der Waals surface area (Å²) in [6.07, 6.45) is -2.88. The highest BCUT2D eigenvalue weighted by Gasteiger charge is 2.33. The van der Waals surface area contributed by atoms with Crippen molar-refractivity contribution < 1.29 is 27.4 Å². The molecule has 1 amide bonds. The SMILES string of the molecule is CCOc1cc(OCC)c(/C=C2\C(=O)Nc3cc(C(F)(F)F)ccc32)cc1Br. The van der Waals surface area contributed by atoms with Crippen molar-refractivity contribution in [1.82, 2.24) is 0 Å². The van der Waals surface area contributed by atoms with E-state index in [0.29, 0.717) is 40.3 Å². The number of amides is 1. The zero-order valence-electron chi connectivity index (χ0n) is 15.1. The summed E-state index contributed by atoms with van der Waals surface area (Å²) >= 11 is 3.43. The number of halogens is 4. The largest absolute Gasteiger partial charge is 0.493 e. The van der Waals surface area contributed by atoms with Gasteiger partial charge < -0.3 is 14.8 Å². The number of carbonyl (C=O) groups is 1. The molecule has 1 aliphatic rings. The second-order valence-electron chi connectivity index (χ2n) is 5.96. The molecule has 2 aromatic carbocycles. The minimum atomic E-state index is -4.48. The molecule has 2 aromatic rings. The lowest BCUT2D eigenvalue weighted by Crippen LogP contribution is -2.06. The molecule has 0 aliphatic carbocycles. The van der Waals surface area contributed by atoms with E-state index in [9.17, 15) is 18.0 Å². The van der Waals surface area contributed by atoms with Crippen LogP contribution in [0.3, 0.4) is 0 Å². The van der Waals surface area contributed by atoms with Crippen molar-refractivity contribution >= 4 is 39.2 Å². The lowest BCUT2D eigenvalue weighted by molar-refractivity contribution is -0.137. The van der Waals surface area contributed by atoms with Gasteiger partial charge in [0.05, 0.1) is 23.2 Å². The van der Waals surface area contributed by atoms with Gasteiger partial charge in [0.1, 0.15) is 11.5 Å². The second kappa shape index (κ2) is 7.87. The van der Waals surface area contributed by atoms with Gasteiger partial charge in [0, 0.05) is 28.5 Å². The van der Waals surface area contributed by atoms with Crippen molar-refractivity contribution in [3.05, 3.63) is 51.5 Å². The van der Waals surface area contributed by atoms with E-state index in [2.05, 4.69) is 21.2 Å². The maximum Gasteiger partial charge on any atom is 0.416 e. The molecule has 4 nitrogen and oxygen atoms in total. The standard InChI is InChI=1S/C20H17BrF3NO3/c1-3-27-17-10-18(28-4-2)15(21)8-11(17)7-14-13-6-5-12(20(22,23)24)9-16(13)25-19(14)26/h5-10H,3-4H2,1-2H3,(H,25,26)/b14-7-. The van der Waals surface area contributed by atoms with Gasteiger partial charge in [0.25, 0.3) is 5.91 Å². The summed E-state index contributed by atoms with van der Waals surface area (Å²) in [4.78, 5) is 12.4. The summed E-state index contributed by atoms with van der Waals surface area (Å²) in [6.45, 7) is 4.57. The molecule has 8 heteroatoms. The normalized spacial score (nSPS) is 14.8. The molecular weight excluding hydrogens is 439 g/mol. The number of anilines is 1. The Labute approximate surface area is 168 Å². The fraction of sp³-hybridized carbons (Fsp3) is 0.250. The van der Waals surface area contributed by atoms with Gasteiger partial charge in [-0.15, -0.1) is 0 Å². The fourth-order valence-electron chi connectivity index (χ4n) is 2.88. The monoisotopic (exact) mass is 455 g/mol. The van der Waals surface area contributed by atoms with Gasteiger partial charge >= 0.3 is 6.18 Å². The zero-order chi connectivity index (χ0) is 20.5. The zero-order valence-corrected chi connectivity index (χ0v) is 16.7. The van der Waals surface area contributed by atoms with Crippen LogP contribution < -0.4 is 14.8 Å². The van der Waals surface area contributed by atoms with E-state index in [1.165, 1.54) is 6.07 Å². The maximum absolute atomic E-state index is 12.9. The number of ether oxygens (including phenoxy) is 2. The first kappa shape index (κ1) is 20.3. The van der Waals surface area contributed by atoms with Crippen LogP contribution in [-0.2, 0) is 11.0 Å². The Morgan fingerprint density at radius 3 is 2.39 bits per heavy atom. The van der Waals surface area contributed by atoms with Crippen LogP contribution in [0.2, 0.25) is 0 Å². The third-order valence-electron chi connectivity index (χ3n) is 4.09. The molecule has 28 heavy (non-hydrogen) atoms. The van der Waals surface area contributed by atoms with Crippen LogP contribution in [0, 0.1) is 0 Å². The van der Waals surface area contributed by atoms with Gasteiger partial charge in [0.2, 0.25) is 0 Å². The molecule has 148 valence electrons. The highest BCUT2D eigenvalue weighted by molar-refractivity contribution is 9.10. The van der Waals surface area contributed by atoms with E-state index in [-0.39, 0.29) is 11.3 Å². The highest BCUT2D eigenvalue weighted by Crippen LogP contribution is 2.40. The molecule has 1 N–H and O–H groups in total. The predicted molar refractivity (Wildman–Crippen MR) is 104 cm³/mol. The van der Waals surface area contributed by atoms with Crippen LogP contribution in [-0.4, -0.2) is 19.1 Å². The predicted octanol–water partition coefficient (Wildman–Crippen LogP) is 5.76. The quantitative estimate of drug-likeness (QED) is 0.583. The minimum Gasteiger partial charge on any atom is -0.493 e. The first-order valence-corrected chi connectivity index (χ1v) is 9.37. The molecule has 0 saturated carbocycles. The maximum atomic E-state index is 12.9. The summed E-state index contributed by atoms with van der Waals surface area (Å²) < 4.78 is 50.6. The number of fused-ring (bicyclic) bond motifs is 1. The van der Waals surface area contributed by atoms with Gasteiger partial charge in [-0.05, 0) is 54.1 Å². The molecule has 0 bridgehead atoms. The van der Waals surface area contributed by atoms with E-state index in [0.717, 1.165) is 12.1 Å².